The van der Waals surface area contributed by atoms with E-state index in [-0.39, 0.29) is 15.9 Å². The summed E-state index contributed by atoms with van der Waals surface area (Å²) in [5, 5.41) is 3.11. The molecule has 0 saturated carbocycles. The van der Waals surface area contributed by atoms with Gasteiger partial charge in [0.2, 0.25) is 5.91 Å². The number of halogens is 3. The van der Waals surface area contributed by atoms with Gasteiger partial charge in [-0.15, -0.1) is 0 Å². The normalized spacial score (nSPS) is 10.9. The summed E-state index contributed by atoms with van der Waals surface area (Å²) in [5.74, 6) is -1.94. The molecule has 0 fully saturated rings. The van der Waals surface area contributed by atoms with Crippen molar-refractivity contribution in [1.82, 2.24) is 9.55 Å². The zero-order chi connectivity index (χ0) is 19.6. The molecular formula is C19H16BrF2N3OS. The third-order valence-corrected chi connectivity index (χ3v) is 5.29. The van der Waals surface area contributed by atoms with Crippen molar-refractivity contribution in [3.63, 3.8) is 0 Å². The molecule has 0 aliphatic heterocycles. The Balaban J connectivity index is 1.71. The van der Waals surface area contributed by atoms with Gasteiger partial charge >= 0.3 is 0 Å². The van der Waals surface area contributed by atoms with Crippen molar-refractivity contribution in [2.45, 2.75) is 19.0 Å². The van der Waals surface area contributed by atoms with Crippen LogP contribution in [0, 0.1) is 25.5 Å². The molecule has 3 aromatic rings. The Labute approximate surface area is 168 Å². The monoisotopic (exact) mass is 451 g/mol. The van der Waals surface area contributed by atoms with E-state index in [1.54, 1.807) is 6.20 Å². The Kier molecular flexibility index (Phi) is 5.96. The van der Waals surface area contributed by atoms with E-state index in [9.17, 15) is 13.6 Å². The maximum atomic E-state index is 13.8. The molecule has 0 spiro atoms. The molecule has 27 heavy (non-hydrogen) atoms. The van der Waals surface area contributed by atoms with Crippen molar-refractivity contribution < 1.29 is 13.6 Å². The van der Waals surface area contributed by atoms with Gasteiger partial charge in [0.25, 0.3) is 0 Å². The number of aromatic nitrogens is 2. The number of nitrogens with one attached hydrogen (secondary N) is 1. The van der Waals surface area contributed by atoms with Crippen molar-refractivity contribution in [1.29, 1.82) is 0 Å². The number of imidazole rings is 1. The minimum Gasteiger partial charge on any atom is -0.322 e. The zero-order valence-corrected chi connectivity index (χ0v) is 17.0. The van der Waals surface area contributed by atoms with E-state index in [0.717, 1.165) is 28.9 Å². The van der Waals surface area contributed by atoms with Crippen LogP contribution in [0.5, 0.6) is 0 Å². The van der Waals surface area contributed by atoms with Gasteiger partial charge < -0.3 is 5.32 Å². The van der Waals surface area contributed by atoms with Gasteiger partial charge in [-0.1, -0.05) is 17.8 Å². The van der Waals surface area contributed by atoms with Crippen molar-refractivity contribution >= 4 is 39.3 Å². The standard InChI is InChI=1S/C19H16BrF2N3OS/c1-11-5-12(2)7-14(6-11)25-4-3-23-19(25)27-10-17(26)24-18-15(20)8-13(21)9-16(18)22/h3-9H,10H2,1-2H3,(H,24,26). The fraction of sp³-hybridized carbons (Fsp3) is 0.158. The van der Waals surface area contributed by atoms with E-state index in [1.807, 2.05) is 36.7 Å². The second kappa shape index (κ2) is 8.22. The van der Waals surface area contributed by atoms with Crippen LogP contribution in [0.3, 0.4) is 0 Å². The molecule has 0 unspecified atom stereocenters. The number of carbonyl (C=O) groups is 1. The van der Waals surface area contributed by atoms with Gasteiger partial charge in [-0.2, -0.15) is 0 Å². The smallest absolute Gasteiger partial charge is 0.234 e. The number of amides is 1. The summed E-state index contributed by atoms with van der Waals surface area (Å²) in [6, 6.07) is 7.96. The van der Waals surface area contributed by atoms with E-state index >= 15 is 0 Å². The third kappa shape index (κ3) is 4.75. The van der Waals surface area contributed by atoms with E-state index in [1.165, 1.54) is 11.8 Å². The number of nitrogens with zero attached hydrogens (tertiary/aromatic N) is 2. The molecular weight excluding hydrogens is 436 g/mol. The van der Waals surface area contributed by atoms with Gasteiger partial charge in [0.1, 0.15) is 5.82 Å². The molecule has 8 heteroatoms. The van der Waals surface area contributed by atoms with Crippen LogP contribution in [-0.2, 0) is 4.79 Å². The number of anilines is 1. The molecule has 4 nitrogen and oxygen atoms in total. The molecule has 0 aliphatic carbocycles. The lowest BCUT2D eigenvalue weighted by molar-refractivity contribution is -0.113. The fourth-order valence-electron chi connectivity index (χ4n) is 2.65. The number of rotatable bonds is 5. The van der Waals surface area contributed by atoms with Crippen LogP contribution in [0.15, 0.2) is 52.4 Å². The predicted molar refractivity (Wildman–Crippen MR) is 106 cm³/mol. The lowest BCUT2D eigenvalue weighted by Crippen LogP contribution is -2.16. The van der Waals surface area contributed by atoms with Crippen LogP contribution in [0.2, 0.25) is 0 Å². The van der Waals surface area contributed by atoms with Gasteiger partial charge in [-0.25, -0.2) is 13.8 Å². The summed E-state index contributed by atoms with van der Waals surface area (Å²) in [4.78, 5) is 16.5. The second-order valence-corrected chi connectivity index (χ2v) is 7.80. The van der Waals surface area contributed by atoms with Crippen LogP contribution in [0.25, 0.3) is 5.69 Å². The molecule has 0 atom stereocenters. The highest BCUT2D eigenvalue weighted by atomic mass is 79.9. The molecule has 1 amide bonds. The van der Waals surface area contributed by atoms with Crippen molar-refractivity contribution in [2.75, 3.05) is 11.1 Å². The first-order valence-corrected chi connectivity index (χ1v) is 9.80. The van der Waals surface area contributed by atoms with Crippen molar-refractivity contribution in [3.8, 4) is 5.69 Å². The fourth-order valence-corrected chi connectivity index (χ4v) is 3.93. The minimum atomic E-state index is -0.836. The second-order valence-electron chi connectivity index (χ2n) is 6.01. The van der Waals surface area contributed by atoms with Crippen LogP contribution in [-0.4, -0.2) is 21.2 Å². The molecule has 1 heterocycles. The molecule has 0 radical (unpaired) electrons. The van der Waals surface area contributed by atoms with E-state index in [4.69, 9.17) is 0 Å². The highest BCUT2D eigenvalue weighted by molar-refractivity contribution is 9.10. The molecule has 2 aromatic carbocycles. The Morgan fingerprint density at radius 3 is 2.56 bits per heavy atom. The van der Waals surface area contributed by atoms with Crippen molar-refractivity contribution in [3.05, 3.63) is 70.0 Å². The highest BCUT2D eigenvalue weighted by Crippen LogP contribution is 2.28. The summed E-state index contributed by atoms with van der Waals surface area (Å²) < 4.78 is 29.0. The Hall–Kier alpha value is -2.19. The first-order chi connectivity index (χ1) is 12.8. The SMILES string of the molecule is Cc1cc(C)cc(-n2ccnc2SCC(=O)Nc2c(F)cc(F)cc2Br)c1. The summed E-state index contributed by atoms with van der Waals surface area (Å²) in [6.45, 7) is 4.03. The molecule has 0 aliphatic rings. The average molecular weight is 452 g/mol. The first kappa shape index (κ1) is 19.6. The lowest BCUT2D eigenvalue weighted by atomic mass is 10.1. The minimum absolute atomic E-state index is 0.0328. The van der Waals surface area contributed by atoms with Crippen LogP contribution in [0.1, 0.15) is 11.1 Å². The van der Waals surface area contributed by atoms with Gasteiger partial charge in [-0.3, -0.25) is 9.36 Å². The number of carbonyl (C=O) groups excluding carboxylic acids is 1. The predicted octanol–water partition coefficient (Wildman–Crippen LogP) is 5.26. The Morgan fingerprint density at radius 1 is 1.19 bits per heavy atom. The Bertz CT molecular complexity index is 963. The largest absolute Gasteiger partial charge is 0.322 e. The van der Waals surface area contributed by atoms with Gasteiger partial charge in [0, 0.05) is 28.6 Å². The molecule has 1 N–H and O–H groups in total. The van der Waals surface area contributed by atoms with E-state index < -0.39 is 17.5 Å². The molecule has 3 rings (SSSR count). The van der Waals surface area contributed by atoms with Crippen molar-refractivity contribution in [2.24, 2.45) is 0 Å². The van der Waals surface area contributed by atoms with Gasteiger partial charge in [-0.05, 0) is 59.1 Å². The van der Waals surface area contributed by atoms with E-state index in [0.29, 0.717) is 5.16 Å². The highest BCUT2D eigenvalue weighted by Gasteiger charge is 2.14. The number of benzene rings is 2. The molecule has 0 saturated heterocycles. The lowest BCUT2D eigenvalue weighted by Gasteiger charge is -2.11. The maximum absolute atomic E-state index is 13.8. The maximum Gasteiger partial charge on any atom is 0.234 e. The van der Waals surface area contributed by atoms with Gasteiger partial charge in [0.15, 0.2) is 11.0 Å². The summed E-state index contributed by atoms with van der Waals surface area (Å²) in [5.41, 5.74) is 3.13. The first-order valence-electron chi connectivity index (χ1n) is 8.02. The average Bonchev–Trinajstić information content (AvgIpc) is 3.04. The number of hydrogen-bond donors (Lipinski definition) is 1. The topological polar surface area (TPSA) is 46.9 Å². The molecule has 0 bridgehead atoms. The summed E-state index contributed by atoms with van der Waals surface area (Å²) in [7, 11) is 0. The number of thioether (sulfide) groups is 1. The zero-order valence-electron chi connectivity index (χ0n) is 14.6. The van der Waals surface area contributed by atoms with Crippen LogP contribution >= 0.6 is 27.7 Å². The molecule has 1 aromatic heterocycles. The summed E-state index contributed by atoms with van der Waals surface area (Å²) in [6.07, 6.45) is 3.48. The summed E-state index contributed by atoms with van der Waals surface area (Å²) >= 11 is 4.28. The third-order valence-electron chi connectivity index (χ3n) is 3.70. The van der Waals surface area contributed by atoms with Gasteiger partial charge in [0.05, 0.1) is 11.4 Å². The van der Waals surface area contributed by atoms with E-state index in [2.05, 4.69) is 32.3 Å². The number of aryl methyl sites for hydroxylation is 2. The number of hydrogen-bond acceptors (Lipinski definition) is 3. The molecule has 140 valence electrons. The quantitative estimate of drug-likeness (QED) is 0.538. The Morgan fingerprint density at radius 2 is 1.89 bits per heavy atom. The van der Waals surface area contributed by atoms with Crippen LogP contribution in [0.4, 0.5) is 14.5 Å². The van der Waals surface area contributed by atoms with Crippen LogP contribution < -0.4 is 5.32 Å².